The van der Waals surface area contributed by atoms with Gasteiger partial charge in [-0.25, -0.2) is 4.79 Å². The van der Waals surface area contributed by atoms with Gasteiger partial charge in [-0.2, -0.15) is 17.6 Å². The Hall–Kier alpha value is -2.05. The third-order valence-corrected chi connectivity index (χ3v) is 2.64. The van der Waals surface area contributed by atoms with Gasteiger partial charge in [0, 0.05) is 5.57 Å². The van der Waals surface area contributed by atoms with Gasteiger partial charge in [-0.3, -0.25) is 0 Å². The Bertz CT molecular complexity index is 520. The number of hydrogen-bond acceptors (Lipinski definition) is 3. The number of carbonyl (C=O) groups excluding carboxylic acids is 1. The maximum Gasteiger partial charge on any atom is 0.377 e. The minimum Gasteiger partial charge on any atom is -0.497 e. The molecule has 7 heteroatoms. The molecule has 1 rings (SSSR count). The Labute approximate surface area is 119 Å². The van der Waals surface area contributed by atoms with E-state index in [4.69, 9.17) is 4.74 Å². The van der Waals surface area contributed by atoms with E-state index >= 15 is 0 Å². The van der Waals surface area contributed by atoms with Crippen LogP contribution in [0.4, 0.5) is 17.6 Å². The van der Waals surface area contributed by atoms with Gasteiger partial charge in [0.25, 0.3) is 6.08 Å². The van der Waals surface area contributed by atoms with Crippen LogP contribution in [0.15, 0.2) is 30.3 Å². The van der Waals surface area contributed by atoms with Gasteiger partial charge in [-0.05, 0) is 24.6 Å². The van der Waals surface area contributed by atoms with Gasteiger partial charge < -0.3 is 9.47 Å². The molecule has 0 saturated carbocycles. The maximum atomic E-state index is 13.6. The summed E-state index contributed by atoms with van der Waals surface area (Å²) in [7, 11) is 1.39. The number of esters is 1. The van der Waals surface area contributed by atoms with Crippen LogP contribution < -0.4 is 4.74 Å². The van der Waals surface area contributed by atoms with Gasteiger partial charge in [0.15, 0.2) is 0 Å². The summed E-state index contributed by atoms with van der Waals surface area (Å²) >= 11 is 0. The molecule has 0 spiro atoms. The van der Waals surface area contributed by atoms with Crippen LogP contribution in [-0.4, -0.2) is 25.6 Å². The van der Waals surface area contributed by atoms with E-state index in [0.29, 0.717) is 5.75 Å². The first kappa shape index (κ1) is 17.0. The lowest BCUT2D eigenvalue weighted by Crippen LogP contribution is -2.31. The SMILES string of the molecule is CCOC(=O)C(F)(F)CC(=C(F)F)c1ccc(OC)cc1. The molecule has 0 N–H and O–H groups in total. The van der Waals surface area contributed by atoms with E-state index in [9.17, 15) is 22.4 Å². The molecule has 3 nitrogen and oxygen atoms in total. The van der Waals surface area contributed by atoms with Crippen molar-refractivity contribution in [2.24, 2.45) is 0 Å². The standard InChI is InChI=1S/C14H14F4O3/c1-3-21-13(19)14(17,18)8-11(12(15)16)9-4-6-10(20-2)7-5-9/h4-7H,3,8H2,1-2H3. The van der Waals surface area contributed by atoms with Crippen molar-refractivity contribution >= 4 is 11.5 Å². The second-order valence-corrected chi connectivity index (χ2v) is 4.07. The third kappa shape index (κ3) is 4.47. The average molecular weight is 306 g/mol. The second-order valence-electron chi connectivity index (χ2n) is 4.07. The zero-order valence-electron chi connectivity index (χ0n) is 11.5. The molecular weight excluding hydrogens is 292 g/mol. The van der Waals surface area contributed by atoms with Crippen molar-refractivity contribution in [1.29, 1.82) is 0 Å². The summed E-state index contributed by atoms with van der Waals surface area (Å²) < 4.78 is 62.0. The molecule has 0 aliphatic rings. The molecule has 1 aromatic carbocycles. The molecule has 0 unspecified atom stereocenters. The number of alkyl halides is 2. The molecule has 0 heterocycles. The summed E-state index contributed by atoms with van der Waals surface area (Å²) in [6.45, 7) is 1.10. The predicted molar refractivity (Wildman–Crippen MR) is 68.3 cm³/mol. The Morgan fingerprint density at radius 1 is 1.19 bits per heavy atom. The lowest BCUT2D eigenvalue weighted by Gasteiger charge is -2.16. The van der Waals surface area contributed by atoms with Crippen molar-refractivity contribution in [3.8, 4) is 5.75 Å². The molecule has 0 amide bonds. The minimum atomic E-state index is -4.02. The number of methoxy groups -OCH3 is 1. The van der Waals surface area contributed by atoms with E-state index < -0.39 is 30.0 Å². The van der Waals surface area contributed by atoms with Crippen LogP contribution in [0.25, 0.3) is 5.57 Å². The van der Waals surface area contributed by atoms with E-state index in [1.54, 1.807) is 0 Å². The third-order valence-electron chi connectivity index (χ3n) is 2.64. The van der Waals surface area contributed by atoms with Crippen molar-refractivity contribution in [2.75, 3.05) is 13.7 Å². The van der Waals surface area contributed by atoms with Crippen molar-refractivity contribution in [1.82, 2.24) is 0 Å². The van der Waals surface area contributed by atoms with E-state index in [2.05, 4.69) is 4.74 Å². The van der Waals surface area contributed by atoms with Gasteiger partial charge in [0.2, 0.25) is 0 Å². The lowest BCUT2D eigenvalue weighted by molar-refractivity contribution is -0.170. The number of halogens is 4. The maximum absolute atomic E-state index is 13.6. The van der Waals surface area contributed by atoms with Crippen molar-refractivity contribution in [2.45, 2.75) is 19.3 Å². The molecule has 116 valence electrons. The van der Waals surface area contributed by atoms with Crippen LogP contribution in [0.3, 0.4) is 0 Å². The van der Waals surface area contributed by atoms with Gasteiger partial charge in [-0.1, -0.05) is 12.1 Å². The van der Waals surface area contributed by atoms with Crippen LogP contribution in [0.2, 0.25) is 0 Å². The highest BCUT2D eigenvalue weighted by molar-refractivity contribution is 5.81. The fourth-order valence-electron chi connectivity index (χ4n) is 1.60. The summed E-state index contributed by atoms with van der Waals surface area (Å²) in [5, 5.41) is 0. The summed E-state index contributed by atoms with van der Waals surface area (Å²) in [6, 6.07) is 5.16. The van der Waals surface area contributed by atoms with E-state index in [1.165, 1.54) is 38.3 Å². The van der Waals surface area contributed by atoms with Crippen LogP contribution in [0.1, 0.15) is 18.9 Å². The van der Waals surface area contributed by atoms with Gasteiger partial charge in [0.05, 0.1) is 20.1 Å². The fourth-order valence-corrected chi connectivity index (χ4v) is 1.60. The van der Waals surface area contributed by atoms with Crippen LogP contribution in [0, 0.1) is 0 Å². The molecule has 0 atom stereocenters. The summed E-state index contributed by atoms with van der Waals surface area (Å²) in [6.07, 6.45) is -3.70. The molecule has 0 aliphatic heterocycles. The average Bonchev–Trinajstić information content (AvgIpc) is 2.45. The molecule has 0 bridgehead atoms. The zero-order chi connectivity index (χ0) is 16.0. The zero-order valence-corrected chi connectivity index (χ0v) is 11.5. The summed E-state index contributed by atoms with van der Waals surface area (Å²) in [5.74, 6) is -5.44. The number of hydrogen-bond donors (Lipinski definition) is 0. The first-order valence-corrected chi connectivity index (χ1v) is 6.05. The van der Waals surface area contributed by atoms with Gasteiger partial charge in [0.1, 0.15) is 5.75 Å². The Morgan fingerprint density at radius 2 is 1.76 bits per heavy atom. The predicted octanol–water partition coefficient (Wildman–Crippen LogP) is 3.89. The quantitative estimate of drug-likeness (QED) is 0.591. The number of carbonyl (C=O) groups is 1. The normalized spacial score (nSPS) is 11.0. The van der Waals surface area contributed by atoms with Crippen LogP contribution >= 0.6 is 0 Å². The van der Waals surface area contributed by atoms with E-state index in [0.717, 1.165) is 0 Å². The first-order valence-electron chi connectivity index (χ1n) is 6.05. The van der Waals surface area contributed by atoms with Crippen molar-refractivity contribution < 1.29 is 31.8 Å². The van der Waals surface area contributed by atoms with E-state index in [1.807, 2.05) is 0 Å². The molecule has 0 aromatic heterocycles. The molecule has 0 fully saturated rings. The molecule has 0 aliphatic carbocycles. The molecule has 0 radical (unpaired) electrons. The highest BCUT2D eigenvalue weighted by Crippen LogP contribution is 2.34. The highest BCUT2D eigenvalue weighted by atomic mass is 19.3. The Morgan fingerprint density at radius 3 is 2.19 bits per heavy atom. The molecule has 21 heavy (non-hydrogen) atoms. The topological polar surface area (TPSA) is 35.5 Å². The lowest BCUT2D eigenvalue weighted by atomic mass is 10.00. The monoisotopic (exact) mass is 306 g/mol. The smallest absolute Gasteiger partial charge is 0.377 e. The van der Waals surface area contributed by atoms with Gasteiger partial charge >= 0.3 is 11.9 Å². The highest BCUT2D eigenvalue weighted by Gasteiger charge is 2.42. The van der Waals surface area contributed by atoms with Gasteiger partial charge in [-0.15, -0.1) is 0 Å². The molecular formula is C14H14F4O3. The molecule has 0 saturated heterocycles. The minimum absolute atomic E-state index is 0.111. The van der Waals surface area contributed by atoms with Crippen LogP contribution in [-0.2, 0) is 9.53 Å². The van der Waals surface area contributed by atoms with Crippen molar-refractivity contribution in [3.05, 3.63) is 35.9 Å². The Kier molecular flexibility index (Phi) is 5.75. The summed E-state index contributed by atoms with van der Waals surface area (Å²) in [4.78, 5) is 11.1. The second kappa shape index (κ2) is 7.10. The first-order chi connectivity index (χ1) is 9.81. The number of benzene rings is 1. The Balaban J connectivity index is 3.03. The van der Waals surface area contributed by atoms with E-state index in [-0.39, 0.29) is 12.2 Å². The number of rotatable bonds is 6. The molecule has 1 aromatic rings. The largest absolute Gasteiger partial charge is 0.497 e. The fraction of sp³-hybridized carbons (Fsp3) is 0.357. The number of ether oxygens (including phenoxy) is 2. The summed E-state index contributed by atoms with van der Waals surface area (Å²) in [5.41, 5.74) is -1.02. The number of allylic oxidation sites excluding steroid dienone is 1. The van der Waals surface area contributed by atoms with Crippen molar-refractivity contribution in [3.63, 3.8) is 0 Å². The van der Waals surface area contributed by atoms with Crippen LogP contribution in [0.5, 0.6) is 5.75 Å².